The first-order valence-corrected chi connectivity index (χ1v) is 9.23. The molecule has 148 valence electrons. The second kappa shape index (κ2) is 9.77. The van der Waals surface area contributed by atoms with Gasteiger partial charge in [0.15, 0.2) is 0 Å². The number of carbonyl (C=O) groups is 1. The molecule has 0 bridgehead atoms. The molecular weight excluding hydrogens is 380 g/mol. The molecule has 0 N–H and O–H groups in total. The molecule has 0 aliphatic rings. The van der Waals surface area contributed by atoms with Crippen molar-refractivity contribution in [1.29, 1.82) is 10.5 Å². The lowest BCUT2D eigenvalue weighted by Crippen LogP contribution is -2.06. The maximum absolute atomic E-state index is 12.2. The number of rotatable bonds is 7. The van der Waals surface area contributed by atoms with Crippen molar-refractivity contribution in [2.75, 3.05) is 6.61 Å². The van der Waals surface area contributed by atoms with Gasteiger partial charge in [-0.15, -0.1) is 0 Å². The number of carbonyl (C=O) groups excluding carboxylic acids is 1. The lowest BCUT2D eigenvalue weighted by molar-refractivity contribution is 0.0525. The fourth-order valence-electron chi connectivity index (χ4n) is 2.68. The van der Waals surface area contributed by atoms with Crippen molar-refractivity contribution < 1.29 is 19.0 Å². The number of hydrogen-bond donors (Lipinski definition) is 0. The van der Waals surface area contributed by atoms with Gasteiger partial charge in [-0.1, -0.05) is 12.1 Å². The van der Waals surface area contributed by atoms with E-state index in [0.717, 1.165) is 5.56 Å². The van der Waals surface area contributed by atoms with E-state index in [9.17, 15) is 4.79 Å². The lowest BCUT2D eigenvalue weighted by Gasteiger charge is -2.12. The van der Waals surface area contributed by atoms with Gasteiger partial charge < -0.3 is 14.2 Å². The molecule has 3 rings (SSSR count). The quantitative estimate of drug-likeness (QED) is 0.521. The van der Waals surface area contributed by atoms with Crippen molar-refractivity contribution in [3.8, 4) is 29.4 Å². The SMILES string of the molecule is CCOC(=O)c1cc(OCc2cccc(C#N)c2)cc(Oc2ccc(C#N)cc2)c1. The number of nitrogens with zero attached hydrogens (tertiary/aromatic N) is 2. The zero-order valence-electron chi connectivity index (χ0n) is 16.3. The van der Waals surface area contributed by atoms with Crippen molar-refractivity contribution in [3.63, 3.8) is 0 Å². The van der Waals surface area contributed by atoms with E-state index in [1.54, 1.807) is 67.6 Å². The Morgan fingerprint density at radius 1 is 0.867 bits per heavy atom. The minimum absolute atomic E-state index is 0.220. The van der Waals surface area contributed by atoms with Gasteiger partial charge in [0.1, 0.15) is 23.9 Å². The molecular formula is C24H18N2O4. The van der Waals surface area contributed by atoms with Crippen LogP contribution in [0.15, 0.2) is 66.7 Å². The third-order valence-corrected chi connectivity index (χ3v) is 4.07. The van der Waals surface area contributed by atoms with E-state index in [-0.39, 0.29) is 13.2 Å². The van der Waals surface area contributed by atoms with E-state index in [0.29, 0.717) is 33.9 Å². The van der Waals surface area contributed by atoms with Crippen LogP contribution in [0.3, 0.4) is 0 Å². The van der Waals surface area contributed by atoms with Crippen LogP contribution in [0.25, 0.3) is 0 Å². The number of nitriles is 2. The molecule has 30 heavy (non-hydrogen) atoms. The maximum atomic E-state index is 12.2. The van der Waals surface area contributed by atoms with Gasteiger partial charge >= 0.3 is 5.97 Å². The van der Waals surface area contributed by atoms with Crippen LogP contribution in [-0.4, -0.2) is 12.6 Å². The van der Waals surface area contributed by atoms with Crippen LogP contribution in [0.2, 0.25) is 0 Å². The highest BCUT2D eigenvalue weighted by Crippen LogP contribution is 2.29. The highest BCUT2D eigenvalue weighted by molar-refractivity contribution is 5.90. The molecule has 0 fully saturated rings. The van der Waals surface area contributed by atoms with Crippen LogP contribution in [0.4, 0.5) is 0 Å². The van der Waals surface area contributed by atoms with Gasteiger partial charge in [-0.25, -0.2) is 4.79 Å². The fraction of sp³-hybridized carbons (Fsp3) is 0.125. The molecule has 0 radical (unpaired) electrons. The molecule has 0 saturated carbocycles. The molecule has 3 aromatic rings. The minimum Gasteiger partial charge on any atom is -0.489 e. The largest absolute Gasteiger partial charge is 0.489 e. The summed E-state index contributed by atoms with van der Waals surface area (Å²) in [6, 6.07) is 22.7. The van der Waals surface area contributed by atoms with Crippen LogP contribution >= 0.6 is 0 Å². The summed E-state index contributed by atoms with van der Waals surface area (Å²) < 4.78 is 16.8. The first kappa shape index (κ1) is 20.4. The molecule has 0 amide bonds. The summed E-state index contributed by atoms with van der Waals surface area (Å²) in [6.07, 6.45) is 0. The molecule has 0 spiro atoms. The highest BCUT2D eigenvalue weighted by atomic mass is 16.5. The second-order valence-electron chi connectivity index (χ2n) is 6.25. The van der Waals surface area contributed by atoms with Crippen molar-refractivity contribution >= 4 is 5.97 Å². The van der Waals surface area contributed by atoms with Gasteiger partial charge in [-0.05, 0) is 61.0 Å². The molecule has 3 aromatic carbocycles. The molecule has 0 atom stereocenters. The molecule has 0 unspecified atom stereocenters. The monoisotopic (exact) mass is 398 g/mol. The molecule has 0 saturated heterocycles. The van der Waals surface area contributed by atoms with Crippen LogP contribution < -0.4 is 9.47 Å². The average molecular weight is 398 g/mol. The minimum atomic E-state index is -0.487. The average Bonchev–Trinajstić information content (AvgIpc) is 2.78. The summed E-state index contributed by atoms with van der Waals surface area (Å²) in [5, 5.41) is 17.9. The smallest absolute Gasteiger partial charge is 0.338 e. The van der Waals surface area contributed by atoms with Gasteiger partial charge in [0.25, 0.3) is 0 Å². The molecule has 6 heteroatoms. The summed E-state index contributed by atoms with van der Waals surface area (Å²) in [7, 11) is 0. The Kier molecular flexibility index (Phi) is 6.66. The first-order valence-electron chi connectivity index (χ1n) is 9.23. The Bertz CT molecular complexity index is 1130. The summed E-state index contributed by atoms with van der Waals surface area (Å²) in [5.74, 6) is 0.847. The Morgan fingerprint density at radius 2 is 1.60 bits per heavy atom. The summed E-state index contributed by atoms with van der Waals surface area (Å²) in [6.45, 7) is 2.20. The van der Waals surface area contributed by atoms with Crippen LogP contribution in [0, 0.1) is 22.7 Å². The Morgan fingerprint density at radius 3 is 2.30 bits per heavy atom. The van der Waals surface area contributed by atoms with Crippen LogP contribution in [-0.2, 0) is 11.3 Å². The van der Waals surface area contributed by atoms with Gasteiger partial charge in [0, 0.05) is 6.07 Å². The number of esters is 1. The van der Waals surface area contributed by atoms with Crippen molar-refractivity contribution in [2.45, 2.75) is 13.5 Å². The van der Waals surface area contributed by atoms with E-state index in [1.807, 2.05) is 12.1 Å². The topological polar surface area (TPSA) is 92.3 Å². The molecule has 6 nitrogen and oxygen atoms in total. The van der Waals surface area contributed by atoms with Crippen molar-refractivity contribution in [3.05, 3.63) is 89.0 Å². The third-order valence-electron chi connectivity index (χ3n) is 4.07. The first-order chi connectivity index (χ1) is 14.6. The van der Waals surface area contributed by atoms with Gasteiger partial charge in [0.2, 0.25) is 0 Å². The van der Waals surface area contributed by atoms with E-state index in [2.05, 4.69) is 6.07 Å². The van der Waals surface area contributed by atoms with E-state index in [4.69, 9.17) is 24.7 Å². The van der Waals surface area contributed by atoms with Crippen molar-refractivity contribution in [1.82, 2.24) is 0 Å². The summed E-state index contributed by atoms with van der Waals surface area (Å²) in [5.41, 5.74) is 2.18. The summed E-state index contributed by atoms with van der Waals surface area (Å²) >= 11 is 0. The number of benzene rings is 3. The standard InChI is InChI=1S/C24H18N2O4/c1-2-28-24(27)20-11-22(29-16-19-5-3-4-18(10-19)15-26)13-23(12-20)30-21-8-6-17(14-25)7-9-21/h3-13H,2,16H2,1H3. The molecule has 0 aliphatic carbocycles. The normalized spacial score (nSPS) is 9.83. The Labute approximate surface area is 174 Å². The summed E-state index contributed by atoms with van der Waals surface area (Å²) in [4.78, 5) is 12.2. The maximum Gasteiger partial charge on any atom is 0.338 e. The van der Waals surface area contributed by atoms with E-state index in [1.165, 1.54) is 0 Å². The molecule has 0 aliphatic heterocycles. The van der Waals surface area contributed by atoms with Crippen LogP contribution in [0.5, 0.6) is 17.2 Å². The number of hydrogen-bond acceptors (Lipinski definition) is 6. The molecule has 0 heterocycles. The van der Waals surface area contributed by atoms with Crippen molar-refractivity contribution in [2.24, 2.45) is 0 Å². The van der Waals surface area contributed by atoms with E-state index >= 15 is 0 Å². The van der Waals surface area contributed by atoms with Gasteiger partial charge in [-0.2, -0.15) is 10.5 Å². The Hall–Kier alpha value is -4.29. The second-order valence-corrected chi connectivity index (χ2v) is 6.25. The van der Waals surface area contributed by atoms with Crippen LogP contribution in [0.1, 0.15) is 34.0 Å². The fourth-order valence-corrected chi connectivity index (χ4v) is 2.68. The van der Waals surface area contributed by atoms with Gasteiger partial charge in [-0.3, -0.25) is 0 Å². The zero-order chi connectivity index (χ0) is 21.3. The highest BCUT2D eigenvalue weighted by Gasteiger charge is 2.12. The predicted molar refractivity (Wildman–Crippen MR) is 109 cm³/mol. The predicted octanol–water partition coefficient (Wildman–Crippen LogP) is 4.98. The number of ether oxygens (including phenoxy) is 3. The molecule has 0 aromatic heterocycles. The lowest BCUT2D eigenvalue weighted by atomic mass is 10.1. The van der Waals surface area contributed by atoms with Gasteiger partial charge in [0.05, 0.1) is 35.4 Å². The third kappa shape index (κ3) is 5.37. The Balaban J connectivity index is 1.84. The zero-order valence-corrected chi connectivity index (χ0v) is 16.3. The van der Waals surface area contributed by atoms with E-state index < -0.39 is 5.97 Å².